The van der Waals surface area contributed by atoms with Gasteiger partial charge in [-0.1, -0.05) is 6.92 Å². The summed E-state index contributed by atoms with van der Waals surface area (Å²) in [5.74, 6) is 0.0616. The number of rotatable bonds is 2. The minimum atomic E-state index is -0.210. The zero-order valence-electron chi connectivity index (χ0n) is 12.1. The molecule has 0 saturated carbocycles. The maximum absolute atomic E-state index is 12.0. The van der Waals surface area contributed by atoms with Gasteiger partial charge in [0.15, 0.2) is 0 Å². The number of nitrogens with two attached hydrogens (primary N) is 1. The molecule has 6 nitrogen and oxygen atoms in total. The number of nitrogens with one attached hydrogen (secondary N) is 2. The summed E-state index contributed by atoms with van der Waals surface area (Å²) in [7, 11) is 0. The number of nitrogen functional groups attached to an aromatic ring is 1. The van der Waals surface area contributed by atoms with Gasteiger partial charge in [0.1, 0.15) is 6.04 Å². The quantitative estimate of drug-likeness (QED) is 0.705. The van der Waals surface area contributed by atoms with Gasteiger partial charge in [0, 0.05) is 25.2 Å². The van der Waals surface area contributed by atoms with Crippen LogP contribution in [0.15, 0.2) is 12.1 Å². The number of carbonyl (C=O) groups excluding carboxylic acids is 2. The Kier molecular flexibility index (Phi) is 3.45. The molecule has 2 aliphatic rings. The molecule has 2 aliphatic heterocycles. The number of hydrogen-bond donors (Lipinski definition) is 3. The molecule has 21 heavy (non-hydrogen) atoms. The first kappa shape index (κ1) is 13.7. The molecule has 4 N–H and O–H groups in total. The van der Waals surface area contributed by atoms with E-state index in [1.54, 1.807) is 0 Å². The van der Waals surface area contributed by atoms with E-state index in [1.807, 2.05) is 24.0 Å². The third kappa shape index (κ3) is 2.41. The molecule has 2 heterocycles. The highest BCUT2D eigenvalue weighted by atomic mass is 16.2. The Morgan fingerprint density at radius 2 is 2.14 bits per heavy atom. The minimum Gasteiger partial charge on any atom is -0.397 e. The summed E-state index contributed by atoms with van der Waals surface area (Å²) in [5, 5.41) is 5.77. The predicted molar refractivity (Wildman–Crippen MR) is 82.2 cm³/mol. The number of benzene rings is 1. The van der Waals surface area contributed by atoms with Crippen LogP contribution in [0.3, 0.4) is 0 Å². The Labute approximate surface area is 123 Å². The van der Waals surface area contributed by atoms with E-state index in [0.29, 0.717) is 31.5 Å². The van der Waals surface area contributed by atoms with Crippen LogP contribution in [0.1, 0.15) is 25.3 Å². The molecule has 1 atom stereocenters. The van der Waals surface area contributed by atoms with Crippen LogP contribution < -0.4 is 21.3 Å². The zero-order chi connectivity index (χ0) is 15.0. The second-order valence-electron chi connectivity index (χ2n) is 5.52. The van der Waals surface area contributed by atoms with Crippen molar-refractivity contribution in [2.24, 2.45) is 0 Å². The smallest absolute Gasteiger partial charge is 0.242 e. The van der Waals surface area contributed by atoms with E-state index in [-0.39, 0.29) is 17.9 Å². The normalized spacial score (nSPS) is 21.6. The van der Waals surface area contributed by atoms with E-state index in [0.717, 1.165) is 23.5 Å². The molecule has 0 bridgehead atoms. The van der Waals surface area contributed by atoms with Gasteiger partial charge in [-0.15, -0.1) is 0 Å². The van der Waals surface area contributed by atoms with Gasteiger partial charge < -0.3 is 21.3 Å². The molecule has 1 fully saturated rings. The third-order valence-electron chi connectivity index (χ3n) is 4.17. The number of amides is 2. The Morgan fingerprint density at radius 1 is 1.33 bits per heavy atom. The van der Waals surface area contributed by atoms with E-state index in [9.17, 15) is 9.59 Å². The first-order valence-corrected chi connectivity index (χ1v) is 7.36. The topological polar surface area (TPSA) is 87.5 Å². The van der Waals surface area contributed by atoms with Crippen molar-refractivity contribution in [1.82, 2.24) is 5.32 Å². The SMILES string of the molecule is CCC1C(=O)NCCN1c1cc2c(cc1N)CCC(=O)N2. The van der Waals surface area contributed by atoms with E-state index in [2.05, 4.69) is 10.6 Å². The summed E-state index contributed by atoms with van der Waals surface area (Å²) in [6, 6.07) is 3.62. The summed E-state index contributed by atoms with van der Waals surface area (Å²) in [6.45, 7) is 3.32. The lowest BCUT2D eigenvalue weighted by molar-refractivity contribution is -0.123. The molecule has 0 radical (unpaired) electrons. The van der Waals surface area contributed by atoms with Crippen molar-refractivity contribution in [3.8, 4) is 0 Å². The van der Waals surface area contributed by atoms with Gasteiger partial charge in [-0.25, -0.2) is 0 Å². The lowest BCUT2D eigenvalue weighted by atomic mass is 9.99. The lowest BCUT2D eigenvalue weighted by Gasteiger charge is -2.37. The van der Waals surface area contributed by atoms with Crippen molar-refractivity contribution in [2.75, 3.05) is 29.0 Å². The first-order chi connectivity index (χ1) is 10.1. The summed E-state index contributed by atoms with van der Waals surface area (Å²) >= 11 is 0. The van der Waals surface area contributed by atoms with Crippen molar-refractivity contribution in [1.29, 1.82) is 0 Å². The van der Waals surface area contributed by atoms with Crippen LogP contribution in [0.5, 0.6) is 0 Å². The van der Waals surface area contributed by atoms with E-state index < -0.39 is 0 Å². The van der Waals surface area contributed by atoms with Crippen molar-refractivity contribution in [3.05, 3.63) is 17.7 Å². The Morgan fingerprint density at radius 3 is 2.90 bits per heavy atom. The second-order valence-corrected chi connectivity index (χ2v) is 5.52. The van der Waals surface area contributed by atoms with Gasteiger partial charge in [-0.3, -0.25) is 9.59 Å². The van der Waals surface area contributed by atoms with Crippen molar-refractivity contribution < 1.29 is 9.59 Å². The fourth-order valence-electron chi connectivity index (χ4n) is 3.09. The molecule has 0 spiro atoms. The average Bonchev–Trinajstić information content (AvgIpc) is 2.47. The summed E-state index contributed by atoms with van der Waals surface area (Å²) in [5.41, 5.74) is 9.56. The standard InChI is InChI=1S/C15H20N4O2/c1-2-12-15(21)17-5-6-19(12)13-8-11-9(7-10(13)16)3-4-14(20)18-11/h7-8,12H,2-6,16H2,1H3,(H,17,21)(H,18,20). The van der Waals surface area contributed by atoms with E-state index in [4.69, 9.17) is 5.73 Å². The molecule has 1 saturated heterocycles. The zero-order valence-corrected chi connectivity index (χ0v) is 12.1. The monoisotopic (exact) mass is 288 g/mol. The summed E-state index contributed by atoms with van der Waals surface area (Å²) < 4.78 is 0. The highest BCUT2D eigenvalue weighted by Gasteiger charge is 2.30. The van der Waals surface area contributed by atoms with Gasteiger partial charge in [0.05, 0.1) is 11.4 Å². The van der Waals surface area contributed by atoms with Gasteiger partial charge in [0.25, 0.3) is 0 Å². The predicted octanol–water partition coefficient (Wildman–Crippen LogP) is 0.868. The molecule has 0 aliphatic carbocycles. The number of anilines is 3. The number of fused-ring (bicyclic) bond motifs is 1. The van der Waals surface area contributed by atoms with Crippen LogP contribution in [0.2, 0.25) is 0 Å². The maximum atomic E-state index is 12.0. The van der Waals surface area contributed by atoms with E-state index in [1.165, 1.54) is 0 Å². The lowest BCUT2D eigenvalue weighted by Crippen LogP contribution is -2.55. The fraction of sp³-hybridized carbons (Fsp3) is 0.467. The summed E-state index contributed by atoms with van der Waals surface area (Å²) in [6.07, 6.45) is 1.92. The highest BCUT2D eigenvalue weighted by Crippen LogP contribution is 2.35. The van der Waals surface area contributed by atoms with Gasteiger partial charge in [-0.05, 0) is 30.5 Å². The number of nitrogens with zero attached hydrogens (tertiary/aromatic N) is 1. The number of carbonyl (C=O) groups is 2. The Bertz CT molecular complexity index is 600. The Balaban J connectivity index is 1.99. The first-order valence-electron chi connectivity index (χ1n) is 7.36. The molecule has 6 heteroatoms. The number of hydrogen-bond acceptors (Lipinski definition) is 4. The average molecular weight is 288 g/mol. The van der Waals surface area contributed by atoms with Gasteiger partial charge >= 0.3 is 0 Å². The minimum absolute atomic E-state index is 0.0293. The molecule has 1 aromatic carbocycles. The molecular weight excluding hydrogens is 268 g/mol. The second kappa shape index (κ2) is 5.27. The van der Waals surface area contributed by atoms with Crippen molar-refractivity contribution in [2.45, 2.75) is 32.2 Å². The van der Waals surface area contributed by atoms with Crippen LogP contribution >= 0.6 is 0 Å². The highest BCUT2D eigenvalue weighted by molar-refractivity contribution is 5.96. The largest absolute Gasteiger partial charge is 0.397 e. The van der Waals surface area contributed by atoms with E-state index >= 15 is 0 Å². The van der Waals surface area contributed by atoms with Crippen molar-refractivity contribution in [3.63, 3.8) is 0 Å². The van der Waals surface area contributed by atoms with Crippen molar-refractivity contribution >= 4 is 28.9 Å². The molecule has 2 amide bonds. The molecular formula is C15H20N4O2. The molecule has 1 unspecified atom stereocenters. The third-order valence-corrected chi connectivity index (χ3v) is 4.17. The molecule has 0 aromatic heterocycles. The maximum Gasteiger partial charge on any atom is 0.242 e. The molecule has 3 rings (SSSR count). The van der Waals surface area contributed by atoms with Crippen LogP contribution in [-0.2, 0) is 16.0 Å². The summed E-state index contributed by atoms with van der Waals surface area (Å²) in [4.78, 5) is 25.6. The number of piperazine rings is 1. The molecule has 1 aromatic rings. The van der Waals surface area contributed by atoms with Crippen LogP contribution in [0, 0.1) is 0 Å². The van der Waals surface area contributed by atoms with Crippen LogP contribution in [0.25, 0.3) is 0 Å². The van der Waals surface area contributed by atoms with Gasteiger partial charge in [0.2, 0.25) is 11.8 Å². The Hall–Kier alpha value is -2.24. The van der Waals surface area contributed by atoms with Gasteiger partial charge in [-0.2, -0.15) is 0 Å². The van der Waals surface area contributed by atoms with Crippen LogP contribution in [-0.4, -0.2) is 30.9 Å². The fourth-order valence-corrected chi connectivity index (χ4v) is 3.09. The van der Waals surface area contributed by atoms with Crippen LogP contribution in [0.4, 0.5) is 17.1 Å². The molecule has 112 valence electrons. The number of aryl methyl sites for hydroxylation is 1.